The van der Waals surface area contributed by atoms with Gasteiger partial charge in [0.1, 0.15) is 0 Å². The second kappa shape index (κ2) is 3.47. The lowest BCUT2D eigenvalue weighted by Gasteiger charge is -2.00. The molecule has 2 aromatic rings. The van der Waals surface area contributed by atoms with Gasteiger partial charge in [-0.05, 0) is 12.1 Å². The highest BCUT2D eigenvalue weighted by atomic mass is 35.5. The molecule has 0 bridgehead atoms. The average Bonchev–Trinajstić information content (AvgIpc) is 2.61. The van der Waals surface area contributed by atoms with Crippen LogP contribution in [0, 0.1) is 11.6 Å². The molecular weight excluding hydrogens is 230 g/mol. The maximum atomic E-state index is 13.0. The van der Waals surface area contributed by atoms with Crippen molar-refractivity contribution in [3.05, 3.63) is 39.3 Å². The van der Waals surface area contributed by atoms with Gasteiger partial charge in [0.2, 0.25) is 0 Å². The van der Waals surface area contributed by atoms with E-state index in [-0.39, 0.29) is 11.4 Å². The minimum Gasteiger partial charge on any atom is -0.296 e. The van der Waals surface area contributed by atoms with Gasteiger partial charge >= 0.3 is 5.76 Å². The summed E-state index contributed by atoms with van der Waals surface area (Å²) in [7, 11) is 0. The Labute approximate surface area is 86.5 Å². The summed E-state index contributed by atoms with van der Waals surface area (Å²) in [6.45, 7) is 0. The van der Waals surface area contributed by atoms with Crippen LogP contribution in [0.4, 0.5) is 8.78 Å². The average molecular weight is 233 g/mol. The third-order valence-electron chi connectivity index (χ3n) is 1.73. The largest absolute Gasteiger partial charge is 0.439 e. The number of aromatic amines is 1. The van der Waals surface area contributed by atoms with Gasteiger partial charge in [0.05, 0.1) is 5.02 Å². The summed E-state index contributed by atoms with van der Waals surface area (Å²) in [6.07, 6.45) is 0. The monoisotopic (exact) mass is 232 g/mol. The molecule has 0 saturated heterocycles. The van der Waals surface area contributed by atoms with Crippen molar-refractivity contribution >= 4 is 11.6 Å². The lowest BCUT2D eigenvalue weighted by Crippen LogP contribution is -1.96. The van der Waals surface area contributed by atoms with E-state index in [1.807, 2.05) is 0 Å². The summed E-state index contributed by atoms with van der Waals surface area (Å²) < 4.78 is 29.9. The van der Waals surface area contributed by atoms with E-state index in [0.29, 0.717) is 0 Å². The van der Waals surface area contributed by atoms with Crippen molar-refractivity contribution in [2.24, 2.45) is 0 Å². The zero-order chi connectivity index (χ0) is 11.0. The molecule has 0 amide bonds. The van der Waals surface area contributed by atoms with E-state index < -0.39 is 22.4 Å². The smallest absolute Gasteiger partial charge is 0.296 e. The van der Waals surface area contributed by atoms with Crippen molar-refractivity contribution < 1.29 is 13.3 Å². The first-order chi connectivity index (χ1) is 7.09. The summed E-state index contributed by atoms with van der Waals surface area (Å²) in [5.41, 5.74) is 0.0569. The van der Waals surface area contributed by atoms with E-state index in [2.05, 4.69) is 14.7 Å². The minimum atomic E-state index is -1.20. The van der Waals surface area contributed by atoms with Crippen molar-refractivity contribution in [1.29, 1.82) is 0 Å². The SMILES string of the molecule is O=c1[nH]c(-c2ccc(F)c(F)c2Cl)no1. The molecule has 4 nitrogen and oxygen atoms in total. The molecule has 0 spiro atoms. The number of nitrogens with zero attached hydrogens (tertiary/aromatic N) is 1. The molecule has 0 aliphatic rings. The molecule has 1 heterocycles. The number of aromatic nitrogens is 2. The molecule has 7 heteroatoms. The highest BCUT2D eigenvalue weighted by Crippen LogP contribution is 2.28. The van der Waals surface area contributed by atoms with Crippen molar-refractivity contribution in [2.75, 3.05) is 0 Å². The first kappa shape index (κ1) is 9.85. The van der Waals surface area contributed by atoms with Gasteiger partial charge in [-0.1, -0.05) is 16.8 Å². The predicted octanol–water partition coefficient (Wildman–Crippen LogP) is 1.96. The van der Waals surface area contributed by atoms with Crippen molar-refractivity contribution in [3.63, 3.8) is 0 Å². The Morgan fingerprint density at radius 1 is 1.40 bits per heavy atom. The van der Waals surface area contributed by atoms with Gasteiger partial charge in [-0.15, -0.1) is 0 Å². The Kier molecular flexibility index (Phi) is 2.28. The Balaban J connectivity index is 2.64. The zero-order valence-electron chi connectivity index (χ0n) is 7.05. The fourth-order valence-corrected chi connectivity index (χ4v) is 1.30. The van der Waals surface area contributed by atoms with Gasteiger partial charge in [0, 0.05) is 5.56 Å². The van der Waals surface area contributed by atoms with E-state index in [9.17, 15) is 13.6 Å². The molecule has 2 rings (SSSR count). The number of hydrogen-bond donors (Lipinski definition) is 1. The van der Waals surface area contributed by atoms with Crippen molar-refractivity contribution in [1.82, 2.24) is 10.1 Å². The third-order valence-corrected chi connectivity index (χ3v) is 2.10. The van der Waals surface area contributed by atoms with Crippen molar-refractivity contribution in [3.8, 4) is 11.4 Å². The standard InChI is InChI=1S/C8H3ClF2N2O2/c9-5-3(1-2-4(10)6(5)11)7-12-8(14)15-13-7/h1-2H,(H,12,13,14). The van der Waals surface area contributed by atoms with E-state index in [0.717, 1.165) is 6.07 Å². The highest BCUT2D eigenvalue weighted by Gasteiger charge is 2.15. The molecule has 1 aromatic carbocycles. The number of halogens is 3. The molecule has 0 aliphatic heterocycles. The van der Waals surface area contributed by atoms with Gasteiger partial charge in [0.25, 0.3) is 0 Å². The molecular formula is C8H3ClF2N2O2. The highest BCUT2D eigenvalue weighted by molar-refractivity contribution is 6.33. The Bertz CT molecular complexity index is 564. The first-order valence-electron chi connectivity index (χ1n) is 3.79. The Morgan fingerprint density at radius 2 is 2.13 bits per heavy atom. The minimum absolute atomic E-state index is 0.0519. The third kappa shape index (κ3) is 1.63. The molecule has 0 aliphatic carbocycles. The number of nitrogens with one attached hydrogen (secondary N) is 1. The van der Waals surface area contributed by atoms with Crippen LogP contribution >= 0.6 is 11.6 Å². The molecule has 0 atom stereocenters. The van der Waals surface area contributed by atoms with E-state index in [1.165, 1.54) is 6.07 Å². The molecule has 15 heavy (non-hydrogen) atoms. The van der Waals surface area contributed by atoms with Gasteiger partial charge < -0.3 is 0 Å². The number of benzene rings is 1. The van der Waals surface area contributed by atoms with Crippen LogP contribution in [0.5, 0.6) is 0 Å². The molecule has 0 unspecified atom stereocenters. The van der Waals surface area contributed by atoms with Crippen LogP contribution in [0.1, 0.15) is 0 Å². The maximum Gasteiger partial charge on any atom is 0.439 e. The van der Waals surface area contributed by atoms with Gasteiger partial charge in [-0.2, -0.15) is 0 Å². The normalized spacial score (nSPS) is 10.6. The van der Waals surface area contributed by atoms with Crippen LogP contribution in [-0.4, -0.2) is 10.1 Å². The number of hydrogen-bond acceptors (Lipinski definition) is 3. The maximum absolute atomic E-state index is 13.0. The topological polar surface area (TPSA) is 58.9 Å². The Morgan fingerprint density at radius 3 is 2.73 bits per heavy atom. The summed E-state index contributed by atoms with van der Waals surface area (Å²) >= 11 is 5.52. The predicted molar refractivity (Wildman–Crippen MR) is 47.5 cm³/mol. The number of rotatable bonds is 1. The lowest BCUT2D eigenvalue weighted by molar-refractivity contribution is 0.388. The summed E-state index contributed by atoms with van der Waals surface area (Å²) in [4.78, 5) is 12.8. The van der Waals surface area contributed by atoms with Gasteiger partial charge in [0.15, 0.2) is 17.5 Å². The van der Waals surface area contributed by atoms with Crippen molar-refractivity contribution in [2.45, 2.75) is 0 Å². The first-order valence-corrected chi connectivity index (χ1v) is 4.17. The van der Waals surface area contributed by atoms with Crippen LogP contribution < -0.4 is 5.76 Å². The fourth-order valence-electron chi connectivity index (χ4n) is 1.05. The molecule has 0 fully saturated rings. The summed E-state index contributed by atoms with van der Waals surface area (Å²) in [5.74, 6) is -3.12. The van der Waals surface area contributed by atoms with E-state index in [1.54, 1.807) is 0 Å². The van der Waals surface area contributed by atoms with Crippen LogP contribution in [0.15, 0.2) is 21.5 Å². The molecule has 78 valence electrons. The van der Waals surface area contributed by atoms with Crippen LogP contribution in [0.25, 0.3) is 11.4 Å². The lowest BCUT2D eigenvalue weighted by atomic mass is 10.2. The molecule has 1 aromatic heterocycles. The Hall–Kier alpha value is -1.69. The summed E-state index contributed by atoms with van der Waals surface area (Å²) in [6, 6.07) is 2.07. The summed E-state index contributed by atoms with van der Waals surface area (Å²) in [5, 5.41) is 2.84. The van der Waals surface area contributed by atoms with Crippen LogP contribution in [-0.2, 0) is 0 Å². The van der Waals surface area contributed by atoms with Crippen LogP contribution in [0.3, 0.4) is 0 Å². The molecule has 1 N–H and O–H groups in total. The van der Waals surface area contributed by atoms with Crippen LogP contribution in [0.2, 0.25) is 5.02 Å². The molecule has 0 saturated carbocycles. The molecule has 0 radical (unpaired) electrons. The van der Waals surface area contributed by atoms with E-state index >= 15 is 0 Å². The second-order valence-corrected chi connectivity index (χ2v) is 3.04. The fraction of sp³-hybridized carbons (Fsp3) is 0. The quantitative estimate of drug-likeness (QED) is 0.765. The number of H-pyrrole nitrogens is 1. The zero-order valence-corrected chi connectivity index (χ0v) is 7.81. The van der Waals surface area contributed by atoms with Gasteiger partial charge in [-0.3, -0.25) is 9.51 Å². The van der Waals surface area contributed by atoms with E-state index in [4.69, 9.17) is 11.6 Å². The second-order valence-electron chi connectivity index (χ2n) is 2.67. The van der Waals surface area contributed by atoms with Gasteiger partial charge in [-0.25, -0.2) is 13.6 Å².